The molecule has 1 fully saturated rings. The predicted octanol–water partition coefficient (Wildman–Crippen LogP) is 11.2. The molecule has 0 amide bonds. The Morgan fingerprint density at radius 1 is 0.800 bits per heavy atom. The van der Waals surface area contributed by atoms with Crippen molar-refractivity contribution < 1.29 is 17.9 Å². The molecule has 214 valence electrons. The van der Waals surface area contributed by atoms with E-state index in [1.54, 1.807) is 48.5 Å². The van der Waals surface area contributed by atoms with Gasteiger partial charge in [-0.15, -0.1) is 0 Å². The number of unbranched alkanes of at least 4 members (excludes halogenated alkanes) is 5. The molecule has 1 heterocycles. The minimum absolute atomic E-state index is 0.0780. The highest BCUT2D eigenvalue weighted by Gasteiger charge is 2.23. The van der Waals surface area contributed by atoms with Crippen molar-refractivity contribution in [2.75, 3.05) is 6.61 Å². The highest BCUT2D eigenvalue weighted by molar-refractivity contribution is 5.71. The lowest BCUT2D eigenvalue weighted by Crippen LogP contribution is -2.20. The smallest absolute Gasteiger partial charge is 0.166 e. The molecule has 0 aliphatic carbocycles. The van der Waals surface area contributed by atoms with E-state index in [1.807, 2.05) is 13.0 Å². The van der Waals surface area contributed by atoms with Crippen molar-refractivity contribution in [3.8, 4) is 22.3 Å². The van der Waals surface area contributed by atoms with E-state index in [0.29, 0.717) is 41.2 Å². The van der Waals surface area contributed by atoms with Crippen LogP contribution in [-0.2, 0) is 11.2 Å². The second-order valence-corrected chi connectivity index (χ2v) is 11.1. The molecule has 3 aromatic carbocycles. The molecule has 0 radical (unpaired) electrons. The first kappa shape index (κ1) is 30.1. The number of halogens is 3. The maximum atomic E-state index is 15.2. The molecule has 4 rings (SSSR count). The summed E-state index contributed by atoms with van der Waals surface area (Å²) in [4.78, 5) is 0. The van der Waals surface area contributed by atoms with E-state index in [2.05, 4.69) is 19.1 Å². The number of hydrogen-bond acceptors (Lipinski definition) is 1. The average Bonchev–Trinajstić information content (AvgIpc) is 2.98. The summed E-state index contributed by atoms with van der Waals surface area (Å²) in [5.41, 5.74) is 3.27. The van der Waals surface area contributed by atoms with E-state index in [0.717, 1.165) is 50.5 Å². The summed E-state index contributed by atoms with van der Waals surface area (Å²) in [6.45, 7) is 4.93. The third-order valence-electron chi connectivity index (χ3n) is 8.18. The zero-order chi connectivity index (χ0) is 28.3. The molecule has 1 aliphatic rings. The van der Waals surface area contributed by atoms with Gasteiger partial charge in [0.2, 0.25) is 0 Å². The van der Waals surface area contributed by atoms with Gasteiger partial charge < -0.3 is 4.74 Å². The second kappa shape index (κ2) is 15.2. The molecule has 0 saturated carbocycles. The number of allylic oxidation sites excluding steroid dienone is 2. The average molecular weight is 549 g/mol. The van der Waals surface area contributed by atoms with E-state index in [-0.39, 0.29) is 17.5 Å². The third-order valence-corrected chi connectivity index (χ3v) is 8.18. The molecular weight excluding hydrogens is 505 g/mol. The maximum Gasteiger partial charge on any atom is 0.166 e. The first-order chi connectivity index (χ1) is 19.5. The molecule has 0 bridgehead atoms. The molecule has 0 N–H and O–H groups in total. The molecule has 1 nitrogen and oxygen atoms in total. The molecule has 4 heteroatoms. The van der Waals surface area contributed by atoms with Crippen molar-refractivity contribution in [2.24, 2.45) is 5.92 Å². The van der Waals surface area contributed by atoms with Crippen LogP contribution in [0.4, 0.5) is 13.2 Å². The summed E-state index contributed by atoms with van der Waals surface area (Å²) < 4.78 is 51.1. The van der Waals surface area contributed by atoms with Crippen LogP contribution in [0.2, 0.25) is 0 Å². The number of aryl methyl sites for hydroxylation is 1. The van der Waals surface area contributed by atoms with Crippen LogP contribution in [0.5, 0.6) is 0 Å². The first-order valence-corrected chi connectivity index (χ1v) is 15.1. The van der Waals surface area contributed by atoms with Crippen molar-refractivity contribution in [2.45, 2.75) is 90.6 Å². The number of hydrogen-bond donors (Lipinski definition) is 0. The highest BCUT2D eigenvalue weighted by Crippen LogP contribution is 2.35. The van der Waals surface area contributed by atoms with Crippen LogP contribution >= 0.6 is 0 Å². The van der Waals surface area contributed by atoms with Crippen molar-refractivity contribution in [3.05, 3.63) is 95.3 Å². The molecule has 1 saturated heterocycles. The number of rotatable bonds is 13. The molecule has 3 aromatic rings. The van der Waals surface area contributed by atoms with Gasteiger partial charge in [0, 0.05) is 11.1 Å². The van der Waals surface area contributed by atoms with Crippen LogP contribution in [0.15, 0.2) is 66.7 Å². The number of ether oxygens (including phenoxy) is 1. The summed E-state index contributed by atoms with van der Waals surface area (Å²) >= 11 is 0. The molecule has 0 aromatic heterocycles. The lowest BCUT2D eigenvalue weighted by molar-refractivity contribution is -0.0191. The quantitative estimate of drug-likeness (QED) is 0.152. The fourth-order valence-corrected chi connectivity index (χ4v) is 5.69. The van der Waals surface area contributed by atoms with E-state index < -0.39 is 11.6 Å². The van der Waals surface area contributed by atoms with Crippen LogP contribution in [0.25, 0.3) is 22.3 Å². The van der Waals surface area contributed by atoms with Crippen LogP contribution in [-0.4, -0.2) is 6.61 Å². The normalized spacial score (nSPS) is 17.5. The Morgan fingerprint density at radius 3 is 2.17 bits per heavy atom. The Labute approximate surface area is 238 Å². The van der Waals surface area contributed by atoms with Gasteiger partial charge in [-0.1, -0.05) is 99.7 Å². The zero-order valence-electron chi connectivity index (χ0n) is 24.0. The number of benzene rings is 3. The lowest BCUT2D eigenvalue weighted by atomic mass is 9.90. The Kier molecular flexibility index (Phi) is 11.5. The monoisotopic (exact) mass is 548 g/mol. The SMILES string of the molecule is C/C=C/CCC1CCC(c2ccc(-c3ccc(-c4ccc(CCCCCCCC)c(F)c4F)cc3)c(F)c2)OC1. The van der Waals surface area contributed by atoms with Gasteiger partial charge in [0.25, 0.3) is 0 Å². The molecule has 2 unspecified atom stereocenters. The van der Waals surface area contributed by atoms with Crippen molar-refractivity contribution in [1.29, 1.82) is 0 Å². The first-order valence-electron chi connectivity index (χ1n) is 15.1. The maximum absolute atomic E-state index is 15.2. The highest BCUT2D eigenvalue weighted by atomic mass is 19.2. The van der Waals surface area contributed by atoms with Crippen LogP contribution < -0.4 is 0 Å². The largest absolute Gasteiger partial charge is 0.373 e. The molecule has 2 atom stereocenters. The van der Waals surface area contributed by atoms with Gasteiger partial charge in [0.05, 0.1) is 12.7 Å². The third kappa shape index (κ3) is 7.87. The fourth-order valence-electron chi connectivity index (χ4n) is 5.69. The molecular formula is C36H43F3O. The predicted molar refractivity (Wildman–Crippen MR) is 160 cm³/mol. The Morgan fingerprint density at radius 2 is 1.50 bits per heavy atom. The van der Waals surface area contributed by atoms with E-state index in [9.17, 15) is 8.78 Å². The summed E-state index contributed by atoms with van der Waals surface area (Å²) in [7, 11) is 0. The fraction of sp³-hybridized carbons (Fsp3) is 0.444. The van der Waals surface area contributed by atoms with Gasteiger partial charge in [-0.05, 0) is 79.7 Å². The van der Waals surface area contributed by atoms with Crippen molar-refractivity contribution in [3.63, 3.8) is 0 Å². The Hall–Kier alpha value is -2.85. The minimum Gasteiger partial charge on any atom is -0.373 e. The standard InChI is InChI=1S/C36H43F3O/c1-3-5-7-8-9-11-13-29-19-22-32(36(39)35(29)38)28-17-15-27(16-18-28)31-21-20-30(24-33(31)37)34-23-14-26(25-40-34)12-10-6-4-2/h4,6,15-22,24,26,34H,3,5,7-14,23,25H2,1-2H3/b6-4+. The van der Waals surface area contributed by atoms with Crippen LogP contribution in [0.3, 0.4) is 0 Å². The van der Waals surface area contributed by atoms with Crippen LogP contribution in [0.1, 0.15) is 95.3 Å². The van der Waals surface area contributed by atoms with Gasteiger partial charge in [-0.2, -0.15) is 0 Å². The zero-order valence-corrected chi connectivity index (χ0v) is 24.0. The molecule has 40 heavy (non-hydrogen) atoms. The summed E-state index contributed by atoms with van der Waals surface area (Å²) in [5, 5.41) is 0. The van der Waals surface area contributed by atoms with E-state index in [4.69, 9.17) is 4.74 Å². The Balaban J connectivity index is 1.38. The second-order valence-electron chi connectivity index (χ2n) is 11.1. The van der Waals surface area contributed by atoms with E-state index in [1.165, 1.54) is 19.3 Å². The van der Waals surface area contributed by atoms with Gasteiger partial charge in [-0.3, -0.25) is 0 Å². The molecule has 1 aliphatic heterocycles. The van der Waals surface area contributed by atoms with Gasteiger partial charge in [0.15, 0.2) is 11.6 Å². The van der Waals surface area contributed by atoms with Crippen molar-refractivity contribution >= 4 is 0 Å². The van der Waals surface area contributed by atoms with Gasteiger partial charge in [-0.25, -0.2) is 13.2 Å². The summed E-state index contributed by atoms with van der Waals surface area (Å²) in [5.74, 6) is -1.32. The van der Waals surface area contributed by atoms with Gasteiger partial charge in [0.1, 0.15) is 5.82 Å². The van der Waals surface area contributed by atoms with Crippen LogP contribution in [0, 0.1) is 23.4 Å². The van der Waals surface area contributed by atoms with Crippen molar-refractivity contribution in [1.82, 2.24) is 0 Å². The summed E-state index contributed by atoms with van der Waals surface area (Å²) in [6.07, 6.45) is 15.6. The lowest BCUT2D eigenvalue weighted by Gasteiger charge is -2.29. The topological polar surface area (TPSA) is 9.23 Å². The van der Waals surface area contributed by atoms with E-state index >= 15 is 4.39 Å². The molecule has 0 spiro atoms. The summed E-state index contributed by atoms with van der Waals surface area (Å²) in [6, 6.07) is 15.6. The van der Waals surface area contributed by atoms with Gasteiger partial charge >= 0.3 is 0 Å². The Bertz CT molecular complexity index is 1240. The minimum atomic E-state index is -0.816.